The maximum atomic E-state index is 14.8. The summed E-state index contributed by atoms with van der Waals surface area (Å²) in [5.74, 6) is 0. The lowest BCUT2D eigenvalue weighted by atomic mass is 9.92. The Morgan fingerprint density at radius 3 is 1.04 bits per heavy atom. The van der Waals surface area contributed by atoms with Crippen molar-refractivity contribution in [3.63, 3.8) is 0 Å². The van der Waals surface area contributed by atoms with E-state index in [1.165, 1.54) is 11.1 Å². The molecule has 242 valence electrons. The minimum atomic E-state index is -0.106. The molecule has 0 saturated carbocycles. The van der Waals surface area contributed by atoms with Crippen LogP contribution in [0, 0.1) is 0 Å². The summed E-state index contributed by atoms with van der Waals surface area (Å²) in [6, 6.07) is 59.4. The van der Waals surface area contributed by atoms with Crippen LogP contribution in [0.1, 0.15) is 25.0 Å². The van der Waals surface area contributed by atoms with Crippen molar-refractivity contribution < 1.29 is 0 Å². The Labute approximate surface area is 293 Å². The van der Waals surface area contributed by atoms with Crippen molar-refractivity contribution in [2.75, 3.05) is 0 Å². The summed E-state index contributed by atoms with van der Waals surface area (Å²) in [4.78, 5) is 14.8. The third kappa shape index (κ3) is 5.77. The zero-order chi connectivity index (χ0) is 34.0. The Morgan fingerprint density at radius 2 is 0.700 bits per heavy atom. The first-order valence-electron chi connectivity index (χ1n) is 17.4. The molecule has 3 nitrogen and oxygen atoms in total. The van der Waals surface area contributed by atoms with E-state index in [0.29, 0.717) is 0 Å². The molecule has 1 heterocycles. The molecule has 50 heavy (non-hydrogen) atoms. The van der Waals surface area contributed by atoms with Crippen LogP contribution < -0.4 is 5.69 Å². The normalized spacial score (nSPS) is 11.2. The lowest BCUT2D eigenvalue weighted by Crippen LogP contribution is -2.22. The molecule has 0 aliphatic rings. The molecule has 0 aliphatic carbocycles. The van der Waals surface area contributed by atoms with E-state index in [0.717, 1.165) is 79.8 Å². The molecule has 1 aromatic heterocycles. The maximum absolute atomic E-state index is 14.8. The third-order valence-corrected chi connectivity index (χ3v) is 9.79. The highest BCUT2D eigenvalue weighted by Gasteiger charge is 2.21. The Kier molecular flexibility index (Phi) is 8.32. The van der Waals surface area contributed by atoms with Gasteiger partial charge in [-0.2, -0.15) is 0 Å². The zero-order valence-corrected chi connectivity index (χ0v) is 28.4. The second-order valence-corrected chi connectivity index (χ2v) is 12.8. The van der Waals surface area contributed by atoms with Crippen molar-refractivity contribution in [2.45, 2.75) is 26.7 Å². The largest absolute Gasteiger partial charge is 0.338 e. The van der Waals surface area contributed by atoms with E-state index in [1.807, 2.05) is 45.5 Å². The molecule has 8 aromatic rings. The summed E-state index contributed by atoms with van der Waals surface area (Å²) < 4.78 is 3.73. The van der Waals surface area contributed by atoms with Crippen molar-refractivity contribution in [1.29, 1.82) is 0 Å². The molecular weight excluding hydrogens is 609 g/mol. The van der Waals surface area contributed by atoms with Crippen LogP contribution >= 0.6 is 0 Å². The van der Waals surface area contributed by atoms with Crippen LogP contribution in [-0.4, -0.2) is 9.13 Å². The van der Waals surface area contributed by atoms with Gasteiger partial charge in [-0.3, -0.25) is 9.13 Å². The molecule has 0 bridgehead atoms. The fraction of sp³-hybridized carbons (Fsp3) is 0.0851. The summed E-state index contributed by atoms with van der Waals surface area (Å²) in [5.41, 5.74) is 14.8. The summed E-state index contributed by atoms with van der Waals surface area (Å²) in [7, 11) is 0. The van der Waals surface area contributed by atoms with Gasteiger partial charge in [0, 0.05) is 0 Å². The first-order valence-corrected chi connectivity index (χ1v) is 17.4. The number of rotatable bonds is 8. The second-order valence-electron chi connectivity index (χ2n) is 12.8. The Hall–Kier alpha value is -6.19. The van der Waals surface area contributed by atoms with Crippen molar-refractivity contribution >= 4 is 11.0 Å². The van der Waals surface area contributed by atoms with Gasteiger partial charge in [0.15, 0.2) is 0 Å². The Bertz CT molecular complexity index is 2280. The number of aryl methyl sites for hydroxylation is 2. The van der Waals surface area contributed by atoms with E-state index in [2.05, 4.69) is 147 Å². The molecule has 0 fully saturated rings. The van der Waals surface area contributed by atoms with Gasteiger partial charge >= 0.3 is 5.69 Å². The van der Waals surface area contributed by atoms with E-state index < -0.39 is 0 Å². The van der Waals surface area contributed by atoms with Gasteiger partial charge in [-0.25, -0.2) is 4.79 Å². The SMILES string of the molecule is CCc1ccc(-c2cc3c(cc2-c2ccc(CC)cc2)n(-c2ccc(-c4ccccc4)cc2)c(=O)n3-c2ccc(-c3ccccc3)cc2)cc1. The lowest BCUT2D eigenvalue weighted by Gasteiger charge is -2.14. The van der Waals surface area contributed by atoms with E-state index in [9.17, 15) is 4.79 Å². The average molecular weight is 647 g/mol. The molecule has 0 atom stereocenters. The number of hydrogen-bond donors (Lipinski definition) is 0. The number of fused-ring (bicyclic) bond motifs is 1. The summed E-state index contributed by atoms with van der Waals surface area (Å²) >= 11 is 0. The van der Waals surface area contributed by atoms with Gasteiger partial charge in [0.1, 0.15) is 0 Å². The van der Waals surface area contributed by atoms with E-state index in [-0.39, 0.29) is 5.69 Å². The molecule has 0 saturated heterocycles. The van der Waals surface area contributed by atoms with Gasteiger partial charge in [0.2, 0.25) is 0 Å². The van der Waals surface area contributed by atoms with Gasteiger partial charge in [0.05, 0.1) is 22.4 Å². The summed E-state index contributed by atoms with van der Waals surface area (Å²) in [5, 5.41) is 0. The molecule has 0 radical (unpaired) electrons. The molecule has 7 aromatic carbocycles. The lowest BCUT2D eigenvalue weighted by molar-refractivity contribution is 0.931. The summed E-state index contributed by atoms with van der Waals surface area (Å²) in [6.07, 6.45) is 1.96. The highest BCUT2D eigenvalue weighted by molar-refractivity contribution is 5.95. The van der Waals surface area contributed by atoms with Crippen LogP contribution in [0.2, 0.25) is 0 Å². The molecule has 8 rings (SSSR count). The van der Waals surface area contributed by atoms with Gasteiger partial charge in [0.25, 0.3) is 0 Å². The van der Waals surface area contributed by atoms with Crippen molar-refractivity contribution in [3.8, 4) is 55.9 Å². The van der Waals surface area contributed by atoms with Crippen LogP contribution in [0.25, 0.3) is 66.9 Å². The second kappa shape index (κ2) is 13.4. The Balaban J connectivity index is 1.38. The molecule has 0 aliphatic heterocycles. The number of imidazole rings is 1. The monoisotopic (exact) mass is 646 g/mol. The molecule has 0 amide bonds. The molecule has 0 spiro atoms. The fourth-order valence-electron chi connectivity index (χ4n) is 6.92. The molecule has 0 unspecified atom stereocenters. The molecular formula is C47H38N2O. The van der Waals surface area contributed by atoms with E-state index in [4.69, 9.17) is 0 Å². The minimum absolute atomic E-state index is 0.106. The quantitative estimate of drug-likeness (QED) is 0.161. The van der Waals surface area contributed by atoms with E-state index >= 15 is 0 Å². The van der Waals surface area contributed by atoms with Gasteiger partial charge in [-0.15, -0.1) is 0 Å². The standard InChI is InChI=1S/C47H38N2O/c1-3-33-15-19-39(20-16-33)43-31-45-46(32-44(43)40-21-17-34(4-2)18-22-40)49(42-29-25-38(26-30-42)36-13-9-6-10-14-36)47(50)48(45)41-27-23-37(24-28-41)35-11-7-5-8-12-35/h5-32H,3-4H2,1-2H3. The highest BCUT2D eigenvalue weighted by atomic mass is 16.1. The highest BCUT2D eigenvalue weighted by Crippen LogP contribution is 2.38. The number of hydrogen-bond acceptors (Lipinski definition) is 1. The van der Waals surface area contributed by atoms with Gasteiger partial charge < -0.3 is 0 Å². The smallest absolute Gasteiger partial charge is 0.260 e. The molecule has 0 N–H and O–H groups in total. The number of aromatic nitrogens is 2. The predicted molar refractivity (Wildman–Crippen MR) is 209 cm³/mol. The summed E-state index contributed by atoms with van der Waals surface area (Å²) in [6.45, 7) is 4.36. The topological polar surface area (TPSA) is 26.9 Å². The third-order valence-electron chi connectivity index (χ3n) is 9.79. The van der Waals surface area contributed by atoms with Gasteiger partial charge in [-0.1, -0.05) is 147 Å². The van der Waals surface area contributed by atoms with Crippen molar-refractivity contribution in [2.24, 2.45) is 0 Å². The Morgan fingerprint density at radius 1 is 0.380 bits per heavy atom. The van der Waals surface area contributed by atoms with Crippen LogP contribution in [0.15, 0.2) is 175 Å². The maximum Gasteiger partial charge on any atom is 0.338 e. The zero-order valence-electron chi connectivity index (χ0n) is 28.4. The number of nitrogens with zero attached hydrogens (tertiary/aromatic N) is 2. The first kappa shape index (κ1) is 31.1. The van der Waals surface area contributed by atoms with Crippen LogP contribution in [0.5, 0.6) is 0 Å². The van der Waals surface area contributed by atoms with Crippen LogP contribution in [0.4, 0.5) is 0 Å². The van der Waals surface area contributed by atoms with Crippen LogP contribution in [-0.2, 0) is 12.8 Å². The van der Waals surface area contributed by atoms with Crippen molar-refractivity contribution in [1.82, 2.24) is 9.13 Å². The predicted octanol–water partition coefficient (Wildman–Crippen LogP) is 11.6. The van der Waals surface area contributed by atoms with Crippen molar-refractivity contribution in [3.05, 3.63) is 191 Å². The molecule has 3 heteroatoms. The van der Waals surface area contributed by atoms with E-state index in [1.54, 1.807) is 0 Å². The minimum Gasteiger partial charge on any atom is -0.260 e. The van der Waals surface area contributed by atoms with Crippen LogP contribution in [0.3, 0.4) is 0 Å². The fourth-order valence-corrected chi connectivity index (χ4v) is 6.92. The average Bonchev–Trinajstić information content (AvgIpc) is 3.48. The van der Waals surface area contributed by atoms with Gasteiger partial charge in [-0.05, 0) is 105 Å². The first-order chi connectivity index (χ1) is 24.6. The number of benzene rings is 7.